The van der Waals surface area contributed by atoms with Crippen molar-refractivity contribution in [2.75, 3.05) is 10.6 Å². The van der Waals surface area contributed by atoms with Gasteiger partial charge in [0.15, 0.2) is 0 Å². The molecule has 156 valence electrons. The van der Waals surface area contributed by atoms with Crippen molar-refractivity contribution in [3.8, 4) is 11.5 Å². The van der Waals surface area contributed by atoms with Crippen molar-refractivity contribution >= 4 is 62.7 Å². The minimum Gasteiger partial charge on any atom is -0.455 e. The van der Waals surface area contributed by atoms with Crippen LogP contribution in [0.25, 0.3) is 0 Å². The van der Waals surface area contributed by atoms with Crippen LogP contribution in [0.2, 0.25) is 0 Å². The van der Waals surface area contributed by atoms with Crippen LogP contribution in [0.5, 0.6) is 11.5 Å². The van der Waals surface area contributed by atoms with Crippen molar-refractivity contribution in [2.45, 2.75) is 23.6 Å². The Morgan fingerprint density at radius 1 is 0.759 bits per heavy atom. The highest BCUT2D eigenvalue weighted by Crippen LogP contribution is 2.37. The third-order valence-electron chi connectivity index (χ3n) is 3.27. The van der Waals surface area contributed by atoms with Gasteiger partial charge in [-0.2, -0.15) is 0 Å². The highest BCUT2D eigenvalue weighted by Gasteiger charge is 2.23. The molecule has 0 spiro atoms. The van der Waals surface area contributed by atoms with E-state index in [0.717, 1.165) is 12.1 Å². The van der Waals surface area contributed by atoms with E-state index in [-0.39, 0.29) is 22.9 Å². The number of hydrogen-bond acceptors (Lipinski definition) is 7. The molecule has 0 saturated heterocycles. The van der Waals surface area contributed by atoms with E-state index >= 15 is 0 Å². The molecule has 9 nitrogen and oxygen atoms in total. The van der Waals surface area contributed by atoms with Crippen LogP contribution in [0.15, 0.2) is 46.2 Å². The van der Waals surface area contributed by atoms with Gasteiger partial charge in [0.05, 0.1) is 0 Å². The van der Waals surface area contributed by atoms with Gasteiger partial charge in [-0.3, -0.25) is 9.59 Å². The lowest BCUT2D eigenvalue weighted by molar-refractivity contribution is -0.115. The Hall–Kier alpha value is -2.34. The van der Waals surface area contributed by atoms with E-state index in [9.17, 15) is 26.4 Å². The molecule has 0 aliphatic rings. The van der Waals surface area contributed by atoms with Gasteiger partial charge in [-0.05, 0) is 36.4 Å². The Labute approximate surface area is 175 Å². The lowest BCUT2D eigenvalue weighted by Crippen LogP contribution is -2.08. The summed E-state index contributed by atoms with van der Waals surface area (Å²) in [5.74, 6) is -1.49. The van der Waals surface area contributed by atoms with Crippen molar-refractivity contribution in [1.29, 1.82) is 0 Å². The minimum atomic E-state index is -4.33. The zero-order valence-corrected chi connectivity index (χ0v) is 18.0. The van der Waals surface area contributed by atoms with E-state index in [0.29, 0.717) is 0 Å². The summed E-state index contributed by atoms with van der Waals surface area (Å²) in [7, 11) is 2.22. The first-order chi connectivity index (χ1) is 13.3. The largest absolute Gasteiger partial charge is 0.455 e. The number of ether oxygens (including phenoxy) is 1. The normalized spacial score (nSPS) is 11.6. The molecule has 0 bridgehead atoms. The molecule has 0 heterocycles. The fourth-order valence-corrected chi connectivity index (χ4v) is 4.21. The van der Waals surface area contributed by atoms with E-state index in [4.69, 9.17) is 26.1 Å². The molecule has 0 saturated carbocycles. The molecule has 2 N–H and O–H groups in total. The summed E-state index contributed by atoms with van der Waals surface area (Å²) in [4.78, 5) is 21.3. The summed E-state index contributed by atoms with van der Waals surface area (Å²) in [6.07, 6.45) is 0. The number of halogens is 2. The number of hydrogen-bond donors (Lipinski definition) is 2. The van der Waals surface area contributed by atoms with Crippen LogP contribution >= 0.6 is 21.4 Å². The smallest absolute Gasteiger partial charge is 0.265 e. The standard InChI is InChI=1S/C16H14Cl2N2O7S2/c1-9(21)19-11-3-5-13(15(7-11)28(17,23)24)27-14-6-4-12(20-10(2)22)8-16(14)29(18,25)26/h3-8H,1-2H3,(H,19,21)(H,20,22). The maximum absolute atomic E-state index is 11.9. The van der Waals surface area contributed by atoms with Gasteiger partial charge in [0, 0.05) is 46.6 Å². The molecule has 0 aliphatic carbocycles. The molecular weight excluding hydrogens is 467 g/mol. The average molecular weight is 481 g/mol. The van der Waals surface area contributed by atoms with Crippen LogP contribution in [0.3, 0.4) is 0 Å². The van der Waals surface area contributed by atoms with Crippen molar-refractivity contribution in [3.63, 3.8) is 0 Å². The van der Waals surface area contributed by atoms with Gasteiger partial charge >= 0.3 is 0 Å². The van der Waals surface area contributed by atoms with Gasteiger partial charge < -0.3 is 15.4 Å². The topological polar surface area (TPSA) is 136 Å². The van der Waals surface area contributed by atoms with Crippen LogP contribution in [-0.4, -0.2) is 28.6 Å². The van der Waals surface area contributed by atoms with E-state index in [2.05, 4.69) is 10.6 Å². The zero-order valence-electron chi connectivity index (χ0n) is 14.9. The Morgan fingerprint density at radius 3 is 1.38 bits per heavy atom. The van der Waals surface area contributed by atoms with Gasteiger partial charge in [0.2, 0.25) is 11.8 Å². The van der Waals surface area contributed by atoms with Crippen LogP contribution in [0.4, 0.5) is 11.4 Å². The van der Waals surface area contributed by atoms with Gasteiger partial charge in [0.1, 0.15) is 21.3 Å². The summed E-state index contributed by atoms with van der Waals surface area (Å²) in [6, 6.07) is 7.16. The molecule has 0 atom stereocenters. The van der Waals surface area contributed by atoms with Crippen molar-refractivity contribution in [1.82, 2.24) is 0 Å². The van der Waals surface area contributed by atoms with Crippen LogP contribution in [-0.2, 0) is 27.7 Å². The van der Waals surface area contributed by atoms with Crippen LogP contribution in [0.1, 0.15) is 13.8 Å². The number of rotatable bonds is 6. The molecule has 2 rings (SSSR count). The second kappa shape index (κ2) is 8.57. The lowest BCUT2D eigenvalue weighted by Gasteiger charge is -2.14. The second-order valence-electron chi connectivity index (χ2n) is 5.66. The molecule has 0 fully saturated rings. The first-order valence-electron chi connectivity index (χ1n) is 7.68. The maximum atomic E-state index is 11.9. The van der Waals surface area contributed by atoms with E-state index in [1.54, 1.807) is 0 Å². The van der Waals surface area contributed by atoms with E-state index < -0.39 is 39.7 Å². The molecule has 2 aromatic carbocycles. The first kappa shape index (κ1) is 22.9. The lowest BCUT2D eigenvalue weighted by atomic mass is 10.2. The Kier molecular flexibility index (Phi) is 6.78. The predicted octanol–water partition coefficient (Wildman–Crippen LogP) is 3.25. The third kappa shape index (κ3) is 6.32. The number of benzene rings is 2. The zero-order chi connectivity index (χ0) is 22.0. The second-order valence-corrected chi connectivity index (χ2v) is 10.7. The fraction of sp³-hybridized carbons (Fsp3) is 0.125. The molecule has 2 amide bonds. The van der Waals surface area contributed by atoms with Crippen molar-refractivity contribution in [2.24, 2.45) is 0 Å². The highest BCUT2D eigenvalue weighted by atomic mass is 35.7. The molecule has 2 aromatic rings. The third-order valence-corrected chi connectivity index (χ3v) is 5.96. The Morgan fingerprint density at radius 2 is 1.10 bits per heavy atom. The summed E-state index contributed by atoms with van der Waals surface area (Å²) >= 11 is 0. The highest BCUT2D eigenvalue weighted by molar-refractivity contribution is 8.14. The Balaban J connectivity index is 2.58. The number of anilines is 2. The summed E-state index contributed by atoms with van der Waals surface area (Å²) < 4.78 is 53.1. The minimum absolute atomic E-state index is 0.135. The maximum Gasteiger partial charge on any atom is 0.265 e. The summed E-state index contributed by atoms with van der Waals surface area (Å²) in [5.41, 5.74) is 0.269. The fourth-order valence-electron chi connectivity index (χ4n) is 2.25. The number of carbonyl (C=O) groups excluding carboxylic acids is 2. The molecule has 0 unspecified atom stereocenters. The molecular formula is C16H14Cl2N2O7S2. The van der Waals surface area contributed by atoms with E-state index in [1.165, 1.54) is 38.1 Å². The van der Waals surface area contributed by atoms with Gasteiger partial charge in [0.25, 0.3) is 18.1 Å². The monoisotopic (exact) mass is 480 g/mol. The van der Waals surface area contributed by atoms with Crippen LogP contribution in [0, 0.1) is 0 Å². The first-order valence-corrected chi connectivity index (χ1v) is 12.3. The molecule has 13 heteroatoms. The predicted molar refractivity (Wildman–Crippen MR) is 108 cm³/mol. The summed E-state index contributed by atoms with van der Waals surface area (Å²) in [5, 5.41) is 4.79. The Bertz CT molecular complexity index is 1100. The number of nitrogens with one attached hydrogen (secondary N) is 2. The van der Waals surface area contributed by atoms with Gasteiger partial charge in [-0.1, -0.05) is 0 Å². The number of carbonyl (C=O) groups is 2. The average Bonchev–Trinajstić information content (AvgIpc) is 2.54. The molecule has 0 aromatic heterocycles. The molecule has 29 heavy (non-hydrogen) atoms. The molecule has 0 aliphatic heterocycles. The van der Waals surface area contributed by atoms with Crippen molar-refractivity contribution in [3.05, 3.63) is 36.4 Å². The number of amides is 2. The van der Waals surface area contributed by atoms with Crippen LogP contribution < -0.4 is 15.4 Å². The molecule has 0 radical (unpaired) electrons. The van der Waals surface area contributed by atoms with Crippen molar-refractivity contribution < 1.29 is 31.2 Å². The van der Waals surface area contributed by atoms with Gasteiger partial charge in [-0.25, -0.2) is 16.8 Å². The van der Waals surface area contributed by atoms with Gasteiger partial charge in [-0.15, -0.1) is 0 Å². The summed E-state index contributed by atoms with van der Waals surface area (Å²) in [6.45, 7) is 2.46. The SMILES string of the molecule is CC(=O)Nc1ccc(Oc2ccc(NC(C)=O)cc2S(=O)(=O)Cl)c(S(=O)(=O)Cl)c1. The van der Waals surface area contributed by atoms with E-state index in [1.807, 2.05) is 0 Å². The quantitative estimate of drug-likeness (QED) is 0.605.